The summed E-state index contributed by atoms with van der Waals surface area (Å²) in [7, 11) is 0. The van der Waals surface area contributed by atoms with Crippen molar-refractivity contribution in [1.82, 2.24) is 4.90 Å². The van der Waals surface area contributed by atoms with Crippen LogP contribution in [0.5, 0.6) is 0 Å². The Balaban J connectivity index is 1.88. The van der Waals surface area contributed by atoms with Gasteiger partial charge in [0.05, 0.1) is 17.3 Å². The minimum absolute atomic E-state index is 0.0494. The van der Waals surface area contributed by atoms with Crippen molar-refractivity contribution in [2.75, 3.05) is 18.4 Å². The van der Waals surface area contributed by atoms with Gasteiger partial charge in [0.1, 0.15) is 0 Å². The number of hydrogen-bond acceptors (Lipinski definition) is 2. The van der Waals surface area contributed by atoms with Crippen molar-refractivity contribution in [3.05, 3.63) is 40.9 Å². The summed E-state index contributed by atoms with van der Waals surface area (Å²) < 4.78 is 0. The van der Waals surface area contributed by atoms with E-state index in [2.05, 4.69) is 11.4 Å². The summed E-state index contributed by atoms with van der Waals surface area (Å²) in [5.41, 5.74) is 1.96. The molecular formula is C18H23ClN2O2. The van der Waals surface area contributed by atoms with Crippen molar-refractivity contribution in [1.29, 1.82) is 0 Å². The number of hydrogen-bond donors (Lipinski definition) is 1. The first-order valence-corrected chi connectivity index (χ1v) is 8.42. The molecule has 5 heteroatoms. The maximum absolute atomic E-state index is 12.2. The van der Waals surface area contributed by atoms with Crippen LogP contribution in [0, 0.1) is 0 Å². The standard InChI is InChI=1S/C18H23ClN2O2/c1-14(22)21(12-11-15-7-3-2-4-8-15)13-18(23)20-17-10-6-5-9-16(17)19/h5-7,9-10H,2-4,8,11-13H2,1H3,(H,20,23). The van der Waals surface area contributed by atoms with Gasteiger partial charge in [0.2, 0.25) is 11.8 Å². The van der Waals surface area contributed by atoms with Crippen LogP contribution in [0.4, 0.5) is 5.69 Å². The van der Waals surface area contributed by atoms with Crippen LogP contribution >= 0.6 is 11.6 Å². The molecule has 124 valence electrons. The van der Waals surface area contributed by atoms with Crippen molar-refractivity contribution in [2.45, 2.75) is 39.0 Å². The quantitative estimate of drug-likeness (QED) is 0.799. The Hall–Kier alpha value is -1.81. The van der Waals surface area contributed by atoms with Gasteiger partial charge in [-0.1, -0.05) is 35.4 Å². The van der Waals surface area contributed by atoms with Crippen LogP contribution < -0.4 is 5.32 Å². The topological polar surface area (TPSA) is 49.4 Å². The van der Waals surface area contributed by atoms with E-state index < -0.39 is 0 Å². The predicted molar refractivity (Wildman–Crippen MR) is 93.5 cm³/mol. The Morgan fingerprint density at radius 2 is 2.04 bits per heavy atom. The lowest BCUT2D eigenvalue weighted by molar-refractivity contribution is -0.132. The number of nitrogens with one attached hydrogen (secondary N) is 1. The van der Waals surface area contributed by atoms with Gasteiger partial charge in [0.15, 0.2) is 0 Å². The number of rotatable bonds is 6. The molecule has 0 saturated carbocycles. The highest BCUT2D eigenvalue weighted by Crippen LogP contribution is 2.21. The molecule has 0 aromatic heterocycles. The molecule has 1 aromatic carbocycles. The van der Waals surface area contributed by atoms with E-state index in [-0.39, 0.29) is 18.4 Å². The highest BCUT2D eigenvalue weighted by Gasteiger charge is 2.15. The molecular weight excluding hydrogens is 312 g/mol. The first-order valence-electron chi connectivity index (χ1n) is 8.04. The van der Waals surface area contributed by atoms with Gasteiger partial charge in [-0.05, 0) is 44.2 Å². The second kappa shape index (κ2) is 8.73. The van der Waals surface area contributed by atoms with Crippen molar-refractivity contribution in [2.24, 2.45) is 0 Å². The lowest BCUT2D eigenvalue weighted by Gasteiger charge is -2.22. The van der Waals surface area contributed by atoms with Crippen LogP contribution in [0.1, 0.15) is 39.0 Å². The van der Waals surface area contributed by atoms with Crippen LogP contribution in [0.15, 0.2) is 35.9 Å². The number of anilines is 1. The van der Waals surface area contributed by atoms with Crippen molar-refractivity contribution in [3.8, 4) is 0 Å². The normalized spacial score (nSPS) is 14.1. The zero-order valence-corrected chi connectivity index (χ0v) is 14.2. The zero-order valence-electron chi connectivity index (χ0n) is 13.5. The third-order valence-electron chi connectivity index (χ3n) is 4.02. The fraction of sp³-hybridized carbons (Fsp3) is 0.444. The number of carbonyl (C=O) groups excluding carboxylic acids is 2. The largest absolute Gasteiger partial charge is 0.333 e. The summed E-state index contributed by atoms with van der Waals surface area (Å²) in [5, 5.41) is 3.24. The lowest BCUT2D eigenvalue weighted by Crippen LogP contribution is -2.37. The van der Waals surface area contributed by atoms with Crippen molar-refractivity contribution < 1.29 is 9.59 Å². The first-order chi connectivity index (χ1) is 11.1. The number of allylic oxidation sites excluding steroid dienone is 1. The summed E-state index contributed by atoms with van der Waals surface area (Å²) in [4.78, 5) is 25.5. The highest BCUT2D eigenvalue weighted by molar-refractivity contribution is 6.33. The highest BCUT2D eigenvalue weighted by atomic mass is 35.5. The van der Waals surface area contributed by atoms with Gasteiger partial charge in [-0.3, -0.25) is 9.59 Å². The molecule has 0 spiro atoms. The van der Waals surface area contributed by atoms with Gasteiger partial charge in [-0.15, -0.1) is 0 Å². The third kappa shape index (κ3) is 5.71. The molecule has 0 heterocycles. The number of amides is 2. The summed E-state index contributed by atoms with van der Waals surface area (Å²) in [6.07, 6.45) is 7.82. The van der Waals surface area contributed by atoms with Crippen LogP contribution in [0.2, 0.25) is 5.02 Å². The van der Waals surface area contributed by atoms with E-state index in [0.29, 0.717) is 17.3 Å². The molecule has 1 aliphatic rings. The van der Waals surface area contributed by atoms with Crippen LogP contribution in [-0.4, -0.2) is 29.8 Å². The summed E-state index contributed by atoms with van der Waals surface area (Å²) >= 11 is 6.03. The van der Waals surface area contributed by atoms with E-state index >= 15 is 0 Å². The van der Waals surface area contributed by atoms with Gasteiger partial charge in [-0.25, -0.2) is 0 Å². The molecule has 0 unspecified atom stereocenters. The Morgan fingerprint density at radius 1 is 1.26 bits per heavy atom. The van der Waals surface area contributed by atoms with Crippen molar-refractivity contribution >= 4 is 29.1 Å². The molecule has 0 bridgehead atoms. The average molecular weight is 335 g/mol. The second-order valence-corrected chi connectivity index (χ2v) is 6.23. The van der Waals surface area contributed by atoms with Gasteiger partial charge in [0, 0.05) is 13.5 Å². The number of carbonyl (C=O) groups is 2. The van der Waals surface area contributed by atoms with E-state index in [4.69, 9.17) is 11.6 Å². The molecule has 0 saturated heterocycles. The molecule has 23 heavy (non-hydrogen) atoms. The maximum atomic E-state index is 12.2. The number of halogens is 1. The van der Waals surface area contributed by atoms with E-state index in [1.165, 1.54) is 25.3 Å². The Kier molecular flexibility index (Phi) is 6.66. The molecule has 0 atom stereocenters. The molecule has 1 aromatic rings. The number of benzene rings is 1. The fourth-order valence-corrected chi connectivity index (χ4v) is 2.87. The lowest BCUT2D eigenvalue weighted by atomic mass is 9.97. The maximum Gasteiger partial charge on any atom is 0.244 e. The summed E-state index contributed by atoms with van der Waals surface area (Å²) in [6, 6.07) is 7.07. The van der Waals surface area contributed by atoms with Crippen LogP contribution in [0.3, 0.4) is 0 Å². The third-order valence-corrected chi connectivity index (χ3v) is 4.35. The summed E-state index contributed by atoms with van der Waals surface area (Å²) in [5.74, 6) is -0.318. The fourth-order valence-electron chi connectivity index (χ4n) is 2.68. The first kappa shape index (κ1) is 17.5. The van der Waals surface area contributed by atoms with Gasteiger partial charge < -0.3 is 10.2 Å². The minimum atomic E-state index is -0.231. The summed E-state index contributed by atoms with van der Waals surface area (Å²) in [6.45, 7) is 2.13. The van der Waals surface area contributed by atoms with Gasteiger partial charge in [0.25, 0.3) is 0 Å². The van der Waals surface area contributed by atoms with E-state index in [0.717, 1.165) is 19.3 Å². The number of nitrogens with zero attached hydrogens (tertiary/aromatic N) is 1. The minimum Gasteiger partial charge on any atom is -0.333 e. The Bertz CT molecular complexity index is 598. The van der Waals surface area contributed by atoms with E-state index in [1.807, 2.05) is 0 Å². The van der Waals surface area contributed by atoms with Crippen molar-refractivity contribution in [3.63, 3.8) is 0 Å². The molecule has 1 N–H and O–H groups in total. The molecule has 0 aliphatic heterocycles. The zero-order chi connectivity index (χ0) is 16.7. The van der Waals surface area contributed by atoms with Crippen LogP contribution in [0.25, 0.3) is 0 Å². The molecule has 1 aliphatic carbocycles. The SMILES string of the molecule is CC(=O)N(CCC1=CCCCC1)CC(=O)Nc1ccccc1Cl. The van der Waals surface area contributed by atoms with Gasteiger partial charge in [-0.2, -0.15) is 0 Å². The molecule has 0 radical (unpaired) electrons. The molecule has 0 fully saturated rings. The van der Waals surface area contributed by atoms with Gasteiger partial charge >= 0.3 is 0 Å². The second-order valence-electron chi connectivity index (χ2n) is 5.83. The van der Waals surface area contributed by atoms with E-state index in [1.54, 1.807) is 29.2 Å². The van der Waals surface area contributed by atoms with E-state index in [9.17, 15) is 9.59 Å². The average Bonchev–Trinajstić information content (AvgIpc) is 2.54. The number of para-hydroxylation sites is 1. The predicted octanol–water partition coefficient (Wildman–Crippen LogP) is 4.02. The smallest absolute Gasteiger partial charge is 0.244 e. The van der Waals surface area contributed by atoms with Crippen LogP contribution in [-0.2, 0) is 9.59 Å². The Morgan fingerprint density at radius 3 is 2.70 bits per heavy atom. The monoisotopic (exact) mass is 334 g/mol. The molecule has 2 rings (SSSR count). The molecule has 2 amide bonds. The Labute approximate surface area is 142 Å². The molecule has 4 nitrogen and oxygen atoms in total.